The van der Waals surface area contributed by atoms with Crippen LogP contribution in [0.4, 0.5) is 11.5 Å². The maximum atomic E-state index is 11.9. The van der Waals surface area contributed by atoms with Gasteiger partial charge < -0.3 is 20.4 Å². The maximum Gasteiger partial charge on any atom is 0.249 e. The van der Waals surface area contributed by atoms with E-state index in [-0.39, 0.29) is 17.9 Å². The van der Waals surface area contributed by atoms with Crippen molar-refractivity contribution in [1.29, 1.82) is 0 Å². The molecule has 0 saturated carbocycles. The molecule has 1 atom stereocenters. The highest BCUT2D eigenvalue weighted by atomic mass is 16.2. The molecule has 4 rings (SSSR count). The summed E-state index contributed by atoms with van der Waals surface area (Å²) < 4.78 is 0. The Kier molecular flexibility index (Phi) is 6.07. The first kappa shape index (κ1) is 19.1. The average Bonchev–Trinajstić information content (AvgIpc) is 2.72. The summed E-state index contributed by atoms with van der Waals surface area (Å²) in [7, 11) is 0. The summed E-state index contributed by atoms with van der Waals surface area (Å²) in [4.78, 5) is 32.6. The van der Waals surface area contributed by atoms with Crippen LogP contribution < -0.4 is 20.9 Å². The molecular formula is C20H30N6O2. The largest absolute Gasteiger partial charge is 0.372 e. The van der Waals surface area contributed by atoms with Gasteiger partial charge in [0.1, 0.15) is 11.9 Å². The van der Waals surface area contributed by atoms with E-state index in [4.69, 9.17) is 0 Å². The Labute approximate surface area is 166 Å². The molecule has 0 radical (unpaired) electrons. The van der Waals surface area contributed by atoms with Crippen molar-refractivity contribution in [3.8, 4) is 0 Å². The summed E-state index contributed by atoms with van der Waals surface area (Å²) >= 11 is 0. The van der Waals surface area contributed by atoms with E-state index in [2.05, 4.69) is 30.7 Å². The third-order valence-electron chi connectivity index (χ3n) is 5.99. The van der Waals surface area contributed by atoms with E-state index in [1.165, 1.54) is 32.5 Å². The zero-order chi connectivity index (χ0) is 19.3. The van der Waals surface area contributed by atoms with Crippen molar-refractivity contribution >= 4 is 23.3 Å². The van der Waals surface area contributed by atoms with Crippen molar-refractivity contribution in [3.05, 3.63) is 18.3 Å². The number of imide groups is 1. The number of anilines is 2. The van der Waals surface area contributed by atoms with Gasteiger partial charge in [0.05, 0.1) is 11.9 Å². The topological polar surface area (TPSA) is 89.6 Å². The van der Waals surface area contributed by atoms with Crippen molar-refractivity contribution in [1.82, 2.24) is 20.5 Å². The smallest absolute Gasteiger partial charge is 0.249 e. The Morgan fingerprint density at radius 1 is 1.07 bits per heavy atom. The Balaban J connectivity index is 1.25. The standard InChI is InChI=1S/C20H30N6O2/c27-19-4-2-17(20(28)24-19)23-16-1-3-18(22-13-16)26-9-5-15(6-10-26)14-25-11-7-21-8-12-25/h1,3,13,15,17,21,23H,2,4-12,14H2,(H,24,27,28). The van der Waals surface area contributed by atoms with Gasteiger partial charge in [0.25, 0.3) is 0 Å². The number of rotatable bonds is 5. The first-order valence-electron chi connectivity index (χ1n) is 10.4. The number of nitrogens with zero attached hydrogens (tertiary/aromatic N) is 3. The molecule has 3 saturated heterocycles. The van der Waals surface area contributed by atoms with Gasteiger partial charge in [-0.1, -0.05) is 0 Å². The molecule has 1 aromatic heterocycles. The Bertz CT molecular complexity index is 680. The number of hydrogen-bond donors (Lipinski definition) is 3. The highest BCUT2D eigenvalue weighted by Crippen LogP contribution is 2.24. The van der Waals surface area contributed by atoms with Crippen LogP contribution in [0.15, 0.2) is 18.3 Å². The molecule has 0 aromatic carbocycles. The summed E-state index contributed by atoms with van der Waals surface area (Å²) in [6.45, 7) is 7.88. The Morgan fingerprint density at radius 2 is 1.86 bits per heavy atom. The molecule has 8 heteroatoms. The number of piperidine rings is 2. The fraction of sp³-hybridized carbons (Fsp3) is 0.650. The predicted octanol–water partition coefficient (Wildman–Crippen LogP) is 0.420. The van der Waals surface area contributed by atoms with E-state index >= 15 is 0 Å². The molecule has 8 nitrogen and oxygen atoms in total. The fourth-order valence-electron chi connectivity index (χ4n) is 4.29. The number of carbonyl (C=O) groups is 2. The second-order valence-corrected chi connectivity index (χ2v) is 8.03. The lowest BCUT2D eigenvalue weighted by atomic mass is 9.96. The minimum Gasteiger partial charge on any atom is -0.372 e. The molecule has 4 heterocycles. The van der Waals surface area contributed by atoms with Crippen LogP contribution in [-0.2, 0) is 9.59 Å². The summed E-state index contributed by atoms with van der Waals surface area (Å²) in [5, 5.41) is 8.96. The monoisotopic (exact) mass is 386 g/mol. The van der Waals surface area contributed by atoms with E-state index in [1.807, 2.05) is 12.1 Å². The predicted molar refractivity (Wildman–Crippen MR) is 108 cm³/mol. The lowest BCUT2D eigenvalue weighted by Gasteiger charge is -2.36. The number of carbonyl (C=O) groups excluding carboxylic acids is 2. The Hall–Kier alpha value is -2.19. The SMILES string of the molecule is O=C1CCC(Nc2ccc(N3CCC(CN4CCNCC4)CC3)nc2)C(=O)N1. The minimum absolute atomic E-state index is 0.197. The minimum atomic E-state index is -0.369. The van der Waals surface area contributed by atoms with Gasteiger partial charge in [-0.2, -0.15) is 0 Å². The average molecular weight is 387 g/mol. The molecule has 2 amide bonds. The molecule has 3 N–H and O–H groups in total. The van der Waals surface area contributed by atoms with Crippen LogP contribution >= 0.6 is 0 Å². The fourth-order valence-corrected chi connectivity index (χ4v) is 4.29. The summed E-state index contributed by atoms with van der Waals surface area (Å²) in [5.41, 5.74) is 0.812. The van der Waals surface area contributed by atoms with Crippen LogP contribution in [0.5, 0.6) is 0 Å². The van der Waals surface area contributed by atoms with Crippen LogP contribution in [0.3, 0.4) is 0 Å². The number of hydrogen-bond acceptors (Lipinski definition) is 7. The van der Waals surface area contributed by atoms with Crippen LogP contribution in [0.25, 0.3) is 0 Å². The summed E-state index contributed by atoms with van der Waals surface area (Å²) in [6.07, 6.45) is 5.10. The molecule has 0 spiro atoms. The normalized spacial score (nSPS) is 24.9. The molecule has 0 aliphatic carbocycles. The zero-order valence-corrected chi connectivity index (χ0v) is 16.3. The summed E-state index contributed by atoms with van der Waals surface area (Å²) in [6, 6.07) is 3.62. The number of amides is 2. The van der Waals surface area contributed by atoms with Crippen molar-refractivity contribution in [2.24, 2.45) is 5.92 Å². The van der Waals surface area contributed by atoms with Crippen LogP contribution in [0.2, 0.25) is 0 Å². The zero-order valence-electron chi connectivity index (χ0n) is 16.3. The van der Waals surface area contributed by atoms with E-state index < -0.39 is 0 Å². The van der Waals surface area contributed by atoms with Crippen molar-refractivity contribution in [2.45, 2.75) is 31.7 Å². The Morgan fingerprint density at radius 3 is 2.54 bits per heavy atom. The van der Waals surface area contributed by atoms with Crippen LogP contribution in [0.1, 0.15) is 25.7 Å². The third-order valence-corrected chi connectivity index (χ3v) is 5.99. The first-order chi connectivity index (χ1) is 13.7. The summed E-state index contributed by atoms with van der Waals surface area (Å²) in [5.74, 6) is 1.32. The van der Waals surface area contributed by atoms with Crippen molar-refractivity contribution in [3.63, 3.8) is 0 Å². The van der Waals surface area contributed by atoms with Crippen molar-refractivity contribution < 1.29 is 9.59 Å². The highest BCUT2D eigenvalue weighted by molar-refractivity contribution is 6.01. The number of nitrogens with one attached hydrogen (secondary N) is 3. The van der Waals surface area contributed by atoms with E-state index in [1.54, 1.807) is 6.20 Å². The molecule has 0 bridgehead atoms. The molecule has 1 aromatic rings. The van der Waals surface area contributed by atoms with E-state index in [0.29, 0.717) is 12.8 Å². The van der Waals surface area contributed by atoms with E-state index in [9.17, 15) is 9.59 Å². The van der Waals surface area contributed by atoms with Gasteiger partial charge in [-0.25, -0.2) is 4.98 Å². The molecule has 3 aliphatic heterocycles. The number of piperazine rings is 1. The van der Waals surface area contributed by atoms with Crippen molar-refractivity contribution in [2.75, 3.05) is 56.0 Å². The number of aromatic nitrogens is 1. The molecule has 3 aliphatic rings. The van der Waals surface area contributed by atoms with Gasteiger partial charge in [-0.15, -0.1) is 0 Å². The molecule has 3 fully saturated rings. The van der Waals surface area contributed by atoms with Gasteiger partial charge in [0.15, 0.2) is 0 Å². The first-order valence-corrected chi connectivity index (χ1v) is 10.4. The molecule has 1 unspecified atom stereocenters. The van der Waals surface area contributed by atoms with Gasteiger partial charge >= 0.3 is 0 Å². The second-order valence-electron chi connectivity index (χ2n) is 8.03. The van der Waals surface area contributed by atoms with Crippen LogP contribution in [0, 0.1) is 5.92 Å². The molecule has 152 valence electrons. The van der Waals surface area contributed by atoms with Gasteiger partial charge in [0, 0.05) is 52.2 Å². The van der Waals surface area contributed by atoms with Crippen LogP contribution in [-0.4, -0.2) is 73.6 Å². The lowest BCUT2D eigenvalue weighted by molar-refractivity contribution is -0.133. The van der Waals surface area contributed by atoms with E-state index in [0.717, 1.165) is 43.6 Å². The quantitative estimate of drug-likeness (QED) is 0.632. The second kappa shape index (κ2) is 8.87. The van der Waals surface area contributed by atoms with Gasteiger partial charge in [-0.05, 0) is 37.3 Å². The van der Waals surface area contributed by atoms with Gasteiger partial charge in [0.2, 0.25) is 11.8 Å². The number of pyridine rings is 1. The maximum absolute atomic E-state index is 11.9. The third kappa shape index (κ3) is 4.80. The highest BCUT2D eigenvalue weighted by Gasteiger charge is 2.27. The molecule has 28 heavy (non-hydrogen) atoms. The lowest BCUT2D eigenvalue weighted by Crippen LogP contribution is -2.47. The molecular weight excluding hydrogens is 356 g/mol. The van der Waals surface area contributed by atoms with Gasteiger partial charge in [-0.3, -0.25) is 14.9 Å².